The van der Waals surface area contributed by atoms with E-state index >= 15 is 0 Å². The second kappa shape index (κ2) is 6.83. The molecule has 0 spiro atoms. The van der Waals surface area contributed by atoms with Gasteiger partial charge in [0.15, 0.2) is 5.65 Å². The molecule has 0 saturated heterocycles. The molecule has 0 amide bonds. The molecule has 0 fully saturated rings. The number of hydrogen-bond acceptors (Lipinski definition) is 4. The Morgan fingerprint density at radius 2 is 2.00 bits per heavy atom. The number of pyridine rings is 1. The van der Waals surface area contributed by atoms with E-state index in [1.54, 1.807) is 22.3 Å². The molecule has 1 aliphatic carbocycles. The fourth-order valence-electron chi connectivity index (χ4n) is 3.49. The number of carbonyl (C=O) groups is 1. The van der Waals surface area contributed by atoms with Crippen molar-refractivity contribution in [2.45, 2.75) is 40.2 Å². The van der Waals surface area contributed by atoms with Crippen LogP contribution in [0.2, 0.25) is 0 Å². The van der Waals surface area contributed by atoms with Crippen molar-refractivity contribution in [3.05, 3.63) is 52.1 Å². The zero-order chi connectivity index (χ0) is 19.9. The molecule has 2 heterocycles. The SMILES string of the molecule is COC(=O)C1=CC(c2ccc3c(n2)n(C)c(=O)n3CC(C)(C)C)C(C)C=C1. The number of nitrogens with zero attached hydrogens (tertiary/aromatic N) is 3. The first-order valence-corrected chi connectivity index (χ1v) is 9.17. The third kappa shape index (κ3) is 3.61. The lowest BCUT2D eigenvalue weighted by Gasteiger charge is -2.22. The van der Waals surface area contributed by atoms with Gasteiger partial charge in [0, 0.05) is 19.5 Å². The molecule has 2 atom stereocenters. The van der Waals surface area contributed by atoms with E-state index in [9.17, 15) is 9.59 Å². The smallest absolute Gasteiger partial charge is 0.337 e. The second-order valence-corrected chi connectivity index (χ2v) is 8.42. The zero-order valence-electron chi connectivity index (χ0n) is 16.8. The van der Waals surface area contributed by atoms with Crippen molar-refractivity contribution < 1.29 is 9.53 Å². The third-order valence-electron chi connectivity index (χ3n) is 4.90. The summed E-state index contributed by atoms with van der Waals surface area (Å²) >= 11 is 0. The molecule has 0 saturated carbocycles. The number of rotatable bonds is 3. The fraction of sp³-hybridized carbons (Fsp3) is 0.476. The topological polar surface area (TPSA) is 66.1 Å². The maximum atomic E-state index is 12.7. The molecule has 27 heavy (non-hydrogen) atoms. The van der Waals surface area contributed by atoms with E-state index in [0.717, 1.165) is 11.2 Å². The molecule has 0 aliphatic heterocycles. The van der Waals surface area contributed by atoms with E-state index in [4.69, 9.17) is 9.72 Å². The lowest BCUT2D eigenvalue weighted by atomic mass is 9.84. The first-order valence-electron chi connectivity index (χ1n) is 9.17. The Bertz CT molecular complexity index is 1000. The van der Waals surface area contributed by atoms with Gasteiger partial charge >= 0.3 is 11.7 Å². The van der Waals surface area contributed by atoms with Crippen LogP contribution in [0.15, 0.2) is 40.7 Å². The highest BCUT2D eigenvalue weighted by atomic mass is 16.5. The van der Waals surface area contributed by atoms with Gasteiger partial charge in [-0.05, 0) is 23.5 Å². The van der Waals surface area contributed by atoms with Gasteiger partial charge in [0.1, 0.15) is 0 Å². The van der Waals surface area contributed by atoms with Crippen molar-refractivity contribution >= 4 is 17.1 Å². The predicted molar refractivity (Wildman–Crippen MR) is 106 cm³/mol. The number of allylic oxidation sites excluding steroid dienone is 2. The number of aryl methyl sites for hydroxylation is 1. The van der Waals surface area contributed by atoms with Crippen LogP contribution in [-0.2, 0) is 23.1 Å². The Morgan fingerprint density at radius 1 is 1.30 bits per heavy atom. The molecular weight excluding hydrogens is 342 g/mol. The maximum Gasteiger partial charge on any atom is 0.337 e. The van der Waals surface area contributed by atoms with Gasteiger partial charge in [-0.15, -0.1) is 0 Å². The number of imidazole rings is 1. The standard InChI is InChI=1S/C21H27N3O3/c1-13-7-8-14(19(25)27-6)11-15(13)16-9-10-17-18(22-16)23(5)20(26)24(17)12-21(2,3)4/h7-11,13,15H,12H2,1-6H3. The first kappa shape index (κ1) is 19.1. The van der Waals surface area contributed by atoms with Gasteiger partial charge in [-0.1, -0.05) is 45.9 Å². The Kier molecular flexibility index (Phi) is 4.84. The summed E-state index contributed by atoms with van der Waals surface area (Å²) in [6, 6.07) is 3.91. The monoisotopic (exact) mass is 369 g/mol. The lowest BCUT2D eigenvalue weighted by molar-refractivity contribution is -0.135. The van der Waals surface area contributed by atoms with E-state index in [2.05, 4.69) is 27.7 Å². The molecule has 6 heteroatoms. The van der Waals surface area contributed by atoms with Crippen LogP contribution >= 0.6 is 0 Å². The lowest BCUT2D eigenvalue weighted by Crippen LogP contribution is -2.27. The van der Waals surface area contributed by atoms with Crippen molar-refractivity contribution in [1.82, 2.24) is 14.1 Å². The van der Waals surface area contributed by atoms with Gasteiger partial charge in [0.2, 0.25) is 0 Å². The van der Waals surface area contributed by atoms with E-state index in [-0.39, 0.29) is 28.9 Å². The second-order valence-electron chi connectivity index (χ2n) is 8.42. The molecule has 6 nitrogen and oxygen atoms in total. The zero-order valence-corrected chi connectivity index (χ0v) is 16.8. The number of carbonyl (C=O) groups excluding carboxylic acids is 1. The molecule has 0 bridgehead atoms. The van der Waals surface area contributed by atoms with Crippen LogP contribution in [0.25, 0.3) is 11.2 Å². The van der Waals surface area contributed by atoms with Gasteiger partial charge in [-0.3, -0.25) is 9.13 Å². The Balaban J connectivity index is 2.08. The van der Waals surface area contributed by atoms with Gasteiger partial charge in [-0.2, -0.15) is 0 Å². The molecule has 2 aromatic heterocycles. The average molecular weight is 369 g/mol. The number of fused-ring (bicyclic) bond motifs is 1. The van der Waals surface area contributed by atoms with Crippen molar-refractivity contribution in [1.29, 1.82) is 0 Å². The minimum absolute atomic E-state index is 0.0163. The van der Waals surface area contributed by atoms with Gasteiger partial charge in [-0.25, -0.2) is 14.6 Å². The largest absolute Gasteiger partial charge is 0.465 e. The quantitative estimate of drug-likeness (QED) is 0.780. The first-order chi connectivity index (χ1) is 12.6. The highest BCUT2D eigenvalue weighted by molar-refractivity contribution is 5.92. The number of hydrogen-bond donors (Lipinski definition) is 0. The van der Waals surface area contributed by atoms with Crippen LogP contribution in [0.3, 0.4) is 0 Å². The highest BCUT2D eigenvalue weighted by Crippen LogP contribution is 2.32. The number of esters is 1. The summed E-state index contributed by atoms with van der Waals surface area (Å²) in [6.45, 7) is 9.03. The molecule has 3 rings (SSSR count). The fourth-order valence-corrected chi connectivity index (χ4v) is 3.49. The molecule has 2 aromatic rings. The summed E-state index contributed by atoms with van der Waals surface area (Å²) in [5.41, 5.74) is 2.78. The average Bonchev–Trinajstić information content (AvgIpc) is 2.84. The molecular formula is C21H27N3O3. The molecule has 144 valence electrons. The van der Waals surface area contributed by atoms with Crippen molar-refractivity contribution in [3.8, 4) is 0 Å². The molecule has 0 N–H and O–H groups in total. The minimum Gasteiger partial charge on any atom is -0.465 e. The Hall–Kier alpha value is -2.63. The minimum atomic E-state index is -0.354. The van der Waals surface area contributed by atoms with E-state index in [1.165, 1.54) is 7.11 Å². The van der Waals surface area contributed by atoms with Crippen molar-refractivity contribution in [2.75, 3.05) is 7.11 Å². The third-order valence-corrected chi connectivity index (χ3v) is 4.90. The van der Waals surface area contributed by atoms with Crippen molar-refractivity contribution in [3.63, 3.8) is 0 Å². The maximum absolute atomic E-state index is 12.7. The predicted octanol–water partition coefficient (Wildman–Crippen LogP) is 3.17. The summed E-state index contributed by atoms with van der Waals surface area (Å²) in [6.07, 6.45) is 5.68. The van der Waals surface area contributed by atoms with Crippen LogP contribution in [0, 0.1) is 11.3 Å². The van der Waals surface area contributed by atoms with Crippen LogP contribution in [0.4, 0.5) is 0 Å². The summed E-state index contributed by atoms with van der Waals surface area (Å²) in [4.78, 5) is 29.4. The number of methoxy groups -OCH3 is 1. The van der Waals surface area contributed by atoms with Gasteiger partial charge < -0.3 is 4.74 Å². The summed E-state index contributed by atoms with van der Waals surface area (Å²) < 4.78 is 8.22. The molecule has 1 aliphatic rings. The molecule has 0 aromatic carbocycles. The van der Waals surface area contributed by atoms with E-state index in [1.807, 2.05) is 24.3 Å². The number of aromatic nitrogens is 3. The Labute approximate surface area is 159 Å². The van der Waals surface area contributed by atoms with Crippen molar-refractivity contribution in [2.24, 2.45) is 18.4 Å². The van der Waals surface area contributed by atoms with Crippen LogP contribution < -0.4 is 5.69 Å². The number of ether oxygens (including phenoxy) is 1. The van der Waals surface area contributed by atoms with Crippen LogP contribution in [-0.4, -0.2) is 27.2 Å². The summed E-state index contributed by atoms with van der Waals surface area (Å²) in [5, 5.41) is 0. The normalized spacial score (nSPS) is 20.0. The van der Waals surface area contributed by atoms with E-state index in [0.29, 0.717) is 17.8 Å². The van der Waals surface area contributed by atoms with Crippen LogP contribution in [0.1, 0.15) is 39.3 Å². The van der Waals surface area contributed by atoms with E-state index < -0.39 is 0 Å². The molecule has 2 unspecified atom stereocenters. The van der Waals surface area contributed by atoms with Gasteiger partial charge in [0.25, 0.3) is 0 Å². The summed E-state index contributed by atoms with van der Waals surface area (Å²) in [5.74, 6) is -0.209. The Morgan fingerprint density at radius 3 is 2.63 bits per heavy atom. The highest BCUT2D eigenvalue weighted by Gasteiger charge is 2.25. The van der Waals surface area contributed by atoms with Crippen LogP contribution in [0.5, 0.6) is 0 Å². The van der Waals surface area contributed by atoms with Gasteiger partial charge in [0.05, 0.1) is 23.9 Å². The summed E-state index contributed by atoms with van der Waals surface area (Å²) in [7, 11) is 3.13. The molecule has 0 radical (unpaired) electrons.